The number of fused-ring (bicyclic) bond motifs is 3. The molecule has 1 aliphatic rings. The highest BCUT2D eigenvalue weighted by Gasteiger charge is 2.35. The number of amides is 1. The third-order valence-corrected chi connectivity index (χ3v) is 6.20. The van der Waals surface area contributed by atoms with E-state index in [2.05, 4.69) is 35.1 Å². The van der Waals surface area contributed by atoms with E-state index in [1.165, 1.54) is 0 Å². The lowest BCUT2D eigenvalue weighted by Gasteiger charge is -2.30. The van der Waals surface area contributed by atoms with E-state index in [1.54, 1.807) is 23.6 Å². The fraction of sp³-hybridized carbons (Fsp3) is 0.333. The lowest BCUT2D eigenvalue weighted by atomic mass is 10.0. The van der Waals surface area contributed by atoms with Crippen molar-refractivity contribution in [3.05, 3.63) is 59.2 Å². The zero-order chi connectivity index (χ0) is 22.0. The van der Waals surface area contributed by atoms with Gasteiger partial charge in [-0.2, -0.15) is 4.98 Å². The van der Waals surface area contributed by atoms with Gasteiger partial charge in [0, 0.05) is 23.8 Å². The number of nitrogens with zero attached hydrogens (tertiary/aromatic N) is 4. The van der Waals surface area contributed by atoms with Crippen molar-refractivity contribution in [2.24, 2.45) is 0 Å². The number of aromatic nitrogens is 3. The topological polar surface area (TPSA) is 68.2 Å². The van der Waals surface area contributed by atoms with Crippen molar-refractivity contribution in [2.45, 2.75) is 51.9 Å². The summed E-state index contributed by atoms with van der Waals surface area (Å²) in [6, 6.07) is 13.8. The van der Waals surface area contributed by atoms with Crippen LogP contribution in [0.25, 0.3) is 11.3 Å². The Morgan fingerprint density at radius 2 is 1.97 bits per heavy atom. The molecule has 0 spiro atoms. The molecule has 0 aliphatic carbocycles. The molecule has 0 N–H and O–H groups in total. The minimum Gasteiger partial charge on any atom is -0.447 e. The maximum atomic E-state index is 12.9. The molecular weight excluding hydrogens is 408 g/mol. The second-order valence-corrected chi connectivity index (χ2v) is 8.75. The van der Waals surface area contributed by atoms with Gasteiger partial charge in [0.1, 0.15) is 0 Å². The van der Waals surface area contributed by atoms with Crippen LogP contribution in [0.15, 0.2) is 47.6 Å². The van der Waals surface area contributed by atoms with Gasteiger partial charge in [-0.15, -0.1) is 10.2 Å². The highest BCUT2D eigenvalue weighted by atomic mass is 32.2. The summed E-state index contributed by atoms with van der Waals surface area (Å²) in [5.74, 6) is 1.21. The van der Waals surface area contributed by atoms with Crippen LogP contribution in [0.5, 0.6) is 5.88 Å². The molecule has 31 heavy (non-hydrogen) atoms. The normalized spacial score (nSPS) is 15.0. The zero-order valence-electron chi connectivity index (χ0n) is 18.3. The van der Waals surface area contributed by atoms with Crippen LogP contribution < -0.4 is 9.64 Å². The van der Waals surface area contributed by atoms with E-state index in [4.69, 9.17) is 4.74 Å². The van der Waals surface area contributed by atoms with Crippen LogP contribution in [-0.2, 0) is 4.79 Å². The molecule has 1 unspecified atom stereocenters. The van der Waals surface area contributed by atoms with Gasteiger partial charge in [0.25, 0.3) is 0 Å². The number of hydrogen-bond acceptors (Lipinski definition) is 6. The Labute approximate surface area is 187 Å². The van der Waals surface area contributed by atoms with E-state index in [-0.39, 0.29) is 5.91 Å². The molecule has 0 fully saturated rings. The van der Waals surface area contributed by atoms with Crippen molar-refractivity contribution in [2.75, 3.05) is 10.7 Å². The Kier molecular flexibility index (Phi) is 6.23. The molecule has 1 aliphatic heterocycles. The monoisotopic (exact) mass is 434 g/mol. The van der Waals surface area contributed by atoms with E-state index in [0.29, 0.717) is 16.7 Å². The number of para-hydroxylation sites is 1. The SMILES string of the molecule is CCCCSc1nnc2c(n1)OC(c1ccc(C)cc1C)N(C(C)=O)c1ccccc1-2. The summed E-state index contributed by atoms with van der Waals surface area (Å²) in [5.41, 5.74) is 5.20. The van der Waals surface area contributed by atoms with Crippen LogP contribution in [0.2, 0.25) is 0 Å². The molecule has 0 saturated heterocycles. The molecule has 1 aromatic heterocycles. The lowest BCUT2D eigenvalue weighted by Crippen LogP contribution is -2.36. The van der Waals surface area contributed by atoms with Crippen LogP contribution in [0, 0.1) is 13.8 Å². The number of unbranched alkanes of at least 4 members (excludes halogenated alkanes) is 1. The molecule has 2 aromatic carbocycles. The lowest BCUT2D eigenvalue weighted by molar-refractivity contribution is -0.118. The predicted molar refractivity (Wildman–Crippen MR) is 123 cm³/mol. The number of thioether (sulfide) groups is 1. The van der Waals surface area contributed by atoms with E-state index in [1.807, 2.05) is 43.3 Å². The van der Waals surface area contributed by atoms with Crippen LogP contribution in [0.3, 0.4) is 0 Å². The van der Waals surface area contributed by atoms with Gasteiger partial charge < -0.3 is 4.74 Å². The van der Waals surface area contributed by atoms with Crippen LogP contribution in [-0.4, -0.2) is 26.8 Å². The number of rotatable bonds is 5. The van der Waals surface area contributed by atoms with Crippen molar-refractivity contribution < 1.29 is 9.53 Å². The molecule has 0 radical (unpaired) electrons. The Morgan fingerprint density at radius 3 is 2.71 bits per heavy atom. The molecule has 0 saturated carbocycles. The number of benzene rings is 2. The maximum Gasteiger partial charge on any atom is 0.247 e. The first-order valence-corrected chi connectivity index (χ1v) is 11.5. The smallest absolute Gasteiger partial charge is 0.247 e. The summed E-state index contributed by atoms with van der Waals surface area (Å²) < 4.78 is 6.45. The molecule has 4 rings (SSSR count). The summed E-state index contributed by atoms with van der Waals surface area (Å²) in [6.07, 6.45) is 1.54. The van der Waals surface area contributed by atoms with Crippen molar-refractivity contribution in [3.63, 3.8) is 0 Å². The molecule has 160 valence electrons. The molecular formula is C24H26N4O2S. The van der Waals surface area contributed by atoms with Crippen molar-refractivity contribution in [1.82, 2.24) is 15.2 Å². The van der Waals surface area contributed by atoms with Gasteiger partial charge in [-0.1, -0.05) is 67.1 Å². The van der Waals surface area contributed by atoms with Gasteiger partial charge in [-0.25, -0.2) is 0 Å². The Morgan fingerprint density at radius 1 is 1.16 bits per heavy atom. The summed E-state index contributed by atoms with van der Waals surface area (Å²) in [4.78, 5) is 19.2. The first-order chi connectivity index (χ1) is 15.0. The summed E-state index contributed by atoms with van der Waals surface area (Å²) in [7, 11) is 0. The first kappa shape index (κ1) is 21.3. The Balaban J connectivity index is 1.87. The molecule has 1 amide bonds. The minimum atomic E-state index is -0.648. The molecule has 6 nitrogen and oxygen atoms in total. The van der Waals surface area contributed by atoms with Crippen molar-refractivity contribution >= 4 is 23.4 Å². The van der Waals surface area contributed by atoms with Crippen molar-refractivity contribution in [3.8, 4) is 17.1 Å². The van der Waals surface area contributed by atoms with Gasteiger partial charge in [0.2, 0.25) is 23.2 Å². The quantitative estimate of drug-likeness (QED) is 0.391. The second-order valence-electron chi connectivity index (χ2n) is 7.69. The standard InChI is InChI=1S/C24H26N4O2S/c1-5-6-13-31-24-25-22-21(26-27-24)19-9-7-8-10-20(19)28(17(4)29)23(30-22)18-12-11-15(2)14-16(18)3/h7-12,14,23H,5-6,13H2,1-4H3. The van der Waals surface area contributed by atoms with Gasteiger partial charge >= 0.3 is 0 Å². The molecule has 1 atom stereocenters. The predicted octanol–water partition coefficient (Wildman–Crippen LogP) is 5.49. The highest BCUT2D eigenvalue weighted by Crippen LogP contribution is 2.43. The Bertz CT molecular complexity index is 1120. The Hall–Kier alpha value is -2.93. The fourth-order valence-electron chi connectivity index (χ4n) is 3.73. The number of aryl methyl sites for hydroxylation is 2. The number of anilines is 1. The van der Waals surface area contributed by atoms with Crippen LogP contribution >= 0.6 is 11.8 Å². The summed E-state index contributed by atoms with van der Waals surface area (Å²) in [5, 5.41) is 9.36. The average Bonchev–Trinajstić information content (AvgIpc) is 2.88. The first-order valence-electron chi connectivity index (χ1n) is 10.5. The maximum absolute atomic E-state index is 12.9. The highest BCUT2D eigenvalue weighted by molar-refractivity contribution is 7.99. The average molecular weight is 435 g/mol. The van der Waals surface area contributed by atoms with Gasteiger partial charge in [-0.3, -0.25) is 9.69 Å². The number of hydrogen-bond donors (Lipinski definition) is 0. The third kappa shape index (κ3) is 4.28. The van der Waals surface area contributed by atoms with E-state index >= 15 is 0 Å². The molecule has 7 heteroatoms. The summed E-state index contributed by atoms with van der Waals surface area (Å²) >= 11 is 1.57. The van der Waals surface area contributed by atoms with Crippen molar-refractivity contribution in [1.29, 1.82) is 0 Å². The van der Waals surface area contributed by atoms with Gasteiger partial charge in [0.05, 0.1) is 5.69 Å². The zero-order valence-corrected chi connectivity index (χ0v) is 19.1. The van der Waals surface area contributed by atoms with E-state index in [0.717, 1.165) is 46.5 Å². The summed E-state index contributed by atoms with van der Waals surface area (Å²) in [6.45, 7) is 7.79. The molecule has 2 heterocycles. The van der Waals surface area contributed by atoms with E-state index < -0.39 is 6.23 Å². The third-order valence-electron chi connectivity index (χ3n) is 5.27. The number of ether oxygens (including phenoxy) is 1. The molecule has 3 aromatic rings. The van der Waals surface area contributed by atoms with Crippen LogP contribution in [0.1, 0.15) is 49.6 Å². The van der Waals surface area contributed by atoms with Crippen LogP contribution in [0.4, 0.5) is 5.69 Å². The minimum absolute atomic E-state index is 0.115. The molecule has 0 bridgehead atoms. The second kappa shape index (κ2) is 9.06. The number of carbonyl (C=O) groups excluding carboxylic acids is 1. The largest absolute Gasteiger partial charge is 0.447 e. The fourth-order valence-corrected chi connectivity index (χ4v) is 4.59. The van der Waals surface area contributed by atoms with E-state index in [9.17, 15) is 4.79 Å². The van der Waals surface area contributed by atoms with Gasteiger partial charge in [0.15, 0.2) is 5.69 Å². The number of carbonyl (C=O) groups is 1. The van der Waals surface area contributed by atoms with Gasteiger partial charge in [-0.05, 0) is 31.9 Å².